The van der Waals surface area contributed by atoms with Gasteiger partial charge in [-0.2, -0.15) is 5.10 Å². The zero-order valence-corrected chi connectivity index (χ0v) is 17.5. The van der Waals surface area contributed by atoms with Crippen LogP contribution in [0.1, 0.15) is 31.7 Å². The SMILES string of the molecule is CC1CCC(N)CC1CN/C(=C\C=C/N)c1ccc(-c2cn[nH]c2)c2ncsc12. The standard InChI is InChI=1S/C22H28N6S/c1-14-4-5-17(24)9-15(14)10-25-20(3-2-8-23)19-7-6-18(16-11-27-28-12-16)21-22(19)29-13-26-21/h2-3,6-8,11-15,17,25H,4-5,9-10,23-24H2,1H3,(H,27,28)/b8-2-,20-3-. The van der Waals surface area contributed by atoms with Gasteiger partial charge >= 0.3 is 0 Å². The van der Waals surface area contributed by atoms with Crippen LogP contribution in [0, 0.1) is 11.8 Å². The highest BCUT2D eigenvalue weighted by molar-refractivity contribution is 7.17. The molecule has 29 heavy (non-hydrogen) atoms. The largest absolute Gasteiger partial charge is 0.405 e. The van der Waals surface area contributed by atoms with Crippen LogP contribution in [0.5, 0.6) is 0 Å². The number of aromatic nitrogens is 3. The van der Waals surface area contributed by atoms with E-state index < -0.39 is 0 Å². The van der Waals surface area contributed by atoms with Gasteiger partial charge < -0.3 is 16.8 Å². The van der Waals surface area contributed by atoms with Gasteiger partial charge in [0, 0.05) is 41.2 Å². The van der Waals surface area contributed by atoms with Crippen molar-refractivity contribution in [2.45, 2.75) is 32.2 Å². The third-order valence-electron chi connectivity index (χ3n) is 5.91. The predicted octanol–water partition coefficient (Wildman–Crippen LogP) is 3.85. The molecule has 7 heteroatoms. The highest BCUT2D eigenvalue weighted by Crippen LogP contribution is 2.35. The van der Waals surface area contributed by atoms with Crippen molar-refractivity contribution in [2.24, 2.45) is 23.3 Å². The number of nitrogens with two attached hydrogens (primary N) is 2. The maximum Gasteiger partial charge on any atom is 0.0898 e. The summed E-state index contributed by atoms with van der Waals surface area (Å²) >= 11 is 1.65. The molecule has 3 aromatic rings. The van der Waals surface area contributed by atoms with Gasteiger partial charge in [-0.05, 0) is 49.5 Å². The van der Waals surface area contributed by atoms with Crippen molar-refractivity contribution in [3.05, 3.63) is 54.0 Å². The van der Waals surface area contributed by atoms with E-state index in [1.165, 1.54) is 6.42 Å². The second kappa shape index (κ2) is 8.80. The fraction of sp³-hybridized carbons (Fsp3) is 0.364. The summed E-state index contributed by atoms with van der Waals surface area (Å²) in [6.07, 6.45) is 12.6. The summed E-state index contributed by atoms with van der Waals surface area (Å²) in [6, 6.07) is 4.59. The van der Waals surface area contributed by atoms with E-state index in [-0.39, 0.29) is 0 Å². The van der Waals surface area contributed by atoms with Crippen LogP contribution in [0.15, 0.2) is 48.4 Å². The molecule has 3 unspecified atom stereocenters. The number of benzene rings is 1. The maximum atomic E-state index is 6.22. The molecule has 0 bridgehead atoms. The van der Waals surface area contributed by atoms with Crippen molar-refractivity contribution in [3.8, 4) is 11.1 Å². The lowest BCUT2D eigenvalue weighted by molar-refractivity contribution is 0.233. The zero-order valence-electron chi connectivity index (χ0n) is 16.6. The average Bonchev–Trinajstić information content (AvgIpc) is 3.42. The molecule has 0 aliphatic heterocycles. The number of nitrogens with one attached hydrogen (secondary N) is 2. The van der Waals surface area contributed by atoms with E-state index in [1.54, 1.807) is 17.5 Å². The fourth-order valence-corrected chi connectivity index (χ4v) is 5.01. The second-order valence-electron chi connectivity index (χ2n) is 7.83. The molecule has 2 aromatic heterocycles. The number of H-pyrrole nitrogens is 1. The summed E-state index contributed by atoms with van der Waals surface area (Å²) in [4.78, 5) is 4.63. The zero-order chi connectivity index (χ0) is 20.2. The minimum absolute atomic E-state index is 0.316. The molecule has 4 rings (SSSR count). The third-order valence-corrected chi connectivity index (χ3v) is 6.77. The molecule has 6 N–H and O–H groups in total. The van der Waals surface area contributed by atoms with Crippen molar-refractivity contribution in [3.63, 3.8) is 0 Å². The monoisotopic (exact) mass is 408 g/mol. The molecule has 1 aliphatic carbocycles. The van der Waals surface area contributed by atoms with Crippen LogP contribution >= 0.6 is 11.3 Å². The van der Waals surface area contributed by atoms with E-state index in [0.717, 1.165) is 52.0 Å². The number of allylic oxidation sites excluding steroid dienone is 2. The second-order valence-corrected chi connectivity index (χ2v) is 8.69. The first-order chi connectivity index (χ1) is 14.2. The van der Waals surface area contributed by atoms with Crippen LogP contribution in [0.25, 0.3) is 27.0 Å². The summed E-state index contributed by atoms with van der Waals surface area (Å²) in [5.41, 5.74) is 19.1. The Hall–Kier alpha value is -2.64. The van der Waals surface area contributed by atoms with Crippen LogP contribution < -0.4 is 16.8 Å². The third kappa shape index (κ3) is 4.21. The molecule has 1 aliphatic rings. The van der Waals surface area contributed by atoms with Gasteiger partial charge in [0.1, 0.15) is 0 Å². The van der Waals surface area contributed by atoms with Gasteiger partial charge in [0.15, 0.2) is 0 Å². The number of aromatic amines is 1. The molecule has 0 spiro atoms. The smallest absolute Gasteiger partial charge is 0.0898 e. The lowest BCUT2D eigenvalue weighted by Crippen LogP contribution is -2.37. The molecule has 2 heterocycles. The Balaban J connectivity index is 1.65. The number of hydrogen-bond donors (Lipinski definition) is 4. The number of rotatable bonds is 6. The minimum atomic E-state index is 0.316. The van der Waals surface area contributed by atoms with Gasteiger partial charge in [-0.25, -0.2) is 4.98 Å². The van der Waals surface area contributed by atoms with E-state index in [1.807, 2.05) is 30.1 Å². The van der Waals surface area contributed by atoms with Crippen molar-refractivity contribution >= 4 is 27.3 Å². The number of thiazole rings is 1. The Kier molecular flexibility index (Phi) is 5.97. The van der Waals surface area contributed by atoms with Gasteiger partial charge in [-0.3, -0.25) is 5.10 Å². The molecule has 152 valence electrons. The first-order valence-corrected chi connectivity index (χ1v) is 11.0. The fourth-order valence-electron chi connectivity index (χ4n) is 4.17. The number of fused-ring (bicyclic) bond motifs is 1. The lowest BCUT2D eigenvalue weighted by atomic mass is 9.78. The Morgan fingerprint density at radius 1 is 1.38 bits per heavy atom. The molecular formula is C22H28N6S. The summed E-state index contributed by atoms with van der Waals surface area (Å²) < 4.78 is 1.15. The average molecular weight is 409 g/mol. The first kappa shape index (κ1) is 19.7. The summed E-state index contributed by atoms with van der Waals surface area (Å²) in [5, 5.41) is 10.6. The Labute approximate surface area is 175 Å². The Morgan fingerprint density at radius 3 is 3.07 bits per heavy atom. The molecule has 1 aromatic carbocycles. The van der Waals surface area contributed by atoms with Crippen LogP contribution in [0.2, 0.25) is 0 Å². The van der Waals surface area contributed by atoms with Crippen LogP contribution in [0.3, 0.4) is 0 Å². The number of nitrogens with zero attached hydrogens (tertiary/aromatic N) is 2. The summed E-state index contributed by atoms with van der Waals surface area (Å²) in [6.45, 7) is 3.24. The highest BCUT2D eigenvalue weighted by atomic mass is 32.1. The van der Waals surface area contributed by atoms with Gasteiger partial charge in [0.05, 0.1) is 21.9 Å². The molecule has 1 fully saturated rings. The molecule has 0 amide bonds. The van der Waals surface area contributed by atoms with Crippen LogP contribution in [0.4, 0.5) is 0 Å². The molecule has 0 radical (unpaired) electrons. The van der Waals surface area contributed by atoms with Crippen molar-refractivity contribution in [1.82, 2.24) is 20.5 Å². The quantitative estimate of drug-likeness (QED) is 0.464. The Bertz CT molecular complexity index is 1000. The van der Waals surface area contributed by atoms with Crippen molar-refractivity contribution < 1.29 is 0 Å². The minimum Gasteiger partial charge on any atom is -0.405 e. The predicted molar refractivity (Wildman–Crippen MR) is 121 cm³/mol. The molecule has 6 nitrogen and oxygen atoms in total. The molecule has 3 atom stereocenters. The summed E-state index contributed by atoms with van der Waals surface area (Å²) in [5.74, 6) is 1.26. The normalized spacial score (nSPS) is 23.1. The summed E-state index contributed by atoms with van der Waals surface area (Å²) in [7, 11) is 0. The highest BCUT2D eigenvalue weighted by Gasteiger charge is 2.26. The van der Waals surface area contributed by atoms with E-state index >= 15 is 0 Å². The van der Waals surface area contributed by atoms with Gasteiger partial charge in [-0.1, -0.05) is 19.1 Å². The lowest BCUT2D eigenvalue weighted by Gasteiger charge is -2.33. The van der Waals surface area contributed by atoms with E-state index in [4.69, 9.17) is 11.5 Å². The van der Waals surface area contributed by atoms with Gasteiger partial charge in [0.25, 0.3) is 0 Å². The van der Waals surface area contributed by atoms with Crippen LogP contribution in [-0.2, 0) is 0 Å². The van der Waals surface area contributed by atoms with E-state index in [0.29, 0.717) is 17.9 Å². The van der Waals surface area contributed by atoms with Crippen molar-refractivity contribution in [1.29, 1.82) is 0 Å². The molecule has 0 saturated heterocycles. The first-order valence-electron chi connectivity index (χ1n) is 10.1. The van der Waals surface area contributed by atoms with E-state index in [2.05, 4.69) is 39.6 Å². The van der Waals surface area contributed by atoms with Gasteiger partial charge in [0.2, 0.25) is 0 Å². The Morgan fingerprint density at radius 2 is 2.28 bits per heavy atom. The van der Waals surface area contributed by atoms with Crippen molar-refractivity contribution in [2.75, 3.05) is 6.54 Å². The molecular weight excluding hydrogens is 380 g/mol. The van der Waals surface area contributed by atoms with E-state index in [9.17, 15) is 0 Å². The topological polar surface area (TPSA) is 106 Å². The van der Waals surface area contributed by atoms with Crippen LogP contribution in [-0.4, -0.2) is 27.8 Å². The van der Waals surface area contributed by atoms with Gasteiger partial charge in [-0.15, -0.1) is 11.3 Å². The molecule has 1 saturated carbocycles. The number of hydrogen-bond acceptors (Lipinski definition) is 6. The maximum absolute atomic E-state index is 6.22.